The molecule has 0 bridgehead atoms. The zero-order valence-corrected chi connectivity index (χ0v) is 12.4. The summed E-state index contributed by atoms with van der Waals surface area (Å²) in [4.78, 5) is 0. The van der Waals surface area contributed by atoms with Crippen molar-refractivity contribution in [1.29, 1.82) is 0 Å². The molecule has 0 saturated heterocycles. The quantitative estimate of drug-likeness (QED) is 0.374. The predicted molar refractivity (Wildman–Crippen MR) is 64.9 cm³/mol. The minimum absolute atomic E-state index is 0.00833. The van der Waals surface area contributed by atoms with E-state index >= 15 is 0 Å². The van der Waals surface area contributed by atoms with Crippen LogP contribution in [-0.2, 0) is 18.9 Å². The molecule has 2 atom stereocenters. The Kier molecular flexibility index (Phi) is 10.7. The normalized spacial score (nSPS) is 15.7. The molecular formula is C12H19F7O4. The van der Waals surface area contributed by atoms with E-state index in [1.807, 2.05) is 0 Å². The Morgan fingerprint density at radius 1 is 0.739 bits per heavy atom. The largest absolute Gasteiger partial charge is 0.421 e. The van der Waals surface area contributed by atoms with E-state index in [4.69, 9.17) is 9.47 Å². The average molecular weight is 360 g/mol. The molecule has 2 unspecified atom stereocenters. The average Bonchev–Trinajstić information content (AvgIpc) is 2.43. The predicted octanol–water partition coefficient (Wildman–Crippen LogP) is 2.90. The second kappa shape index (κ2) is 11.0. The summed E-state index contributed by atoms with van der Waals surface area (Å²) < 4.78 is 103. The second-order valence-corrected chi connectivity index (χ2v) is 4.34. The summed E-state index contributed by atoms with van der Waals surface area (Å²) in [6.07, 6.45) is -14.3. The molecule has 0 aliphatic heterocycles. The molecule has 0 rings (SSSR count). The van der Waals surface area contributed by atoms with Gasteiger partial charge < -0.3 is 18.9 Å². The van der Waals surface area contributed by atoms with Gasteiger partial charge in [-0.05, 0) is 6.92 Å². The molecule has 0 amide bonds. The number of hydrogen-bond donors (Lipinski definition) is 0. The van der Waals surface area contributed by atoms with E-state index in [1.165, 1.54) is 0 Å². The molecule has 0 saturated carbocycles. The van der Waals surface area contributed by atoms with E-state index in [9.17, 15) is 30.7 Å². The topological polar surface area (TPSA) is 36.9 Å². The van der Waals surface area contributed by atoms with Gasteiger partial charge in [0.1, 0.15) is 0 Å². The highest BCUT2D eigenvalue weighted by molar-refractivity contribution is 4.64. The number of rotatable bonds is 13. The molecule has 0 aromatic carbocycles. The maximum atomic E-state index is 12.6. The van der Waals surface area contributed by atoms with Crippen molar-refractivity contribution in [3.05, 3.63) is 0 Å². The zero-order valence-electron chi connectivity index (χ0n) is 12.4. The monoisotopic (exact) mass is 360 g/mol. The molecule has 0 aliphatic rings. The summed E-state index contributed by atoms with van der Waals surface area (Å²) in [6, 6.07) is 0. The van der Waals surface area contributed by atoms with E-state index in [2.05, 4.69) is 9.47 Å². The lowest BCUT2D eigenvalue weighted by Gasteiger charge is -2.17. The zero-order chi connectivity index (χ0) is 17.9. The highest BCUT2D eigenvalue weighted by atomic mass is 19.4. The number of alkyl halides is 7. The van der Waals surface area contributed by atoms with Gasteiger partial charge in [-0.3, -0.25) is 0 Å². The fourth-order valence-corrected chi connectivity index (χ4v) is 1.07. The van der Waals surface area contributed by atoms with Crippen LogP contribution in [0.25, 0.3) is 0 Å². The van der Waals surface area contributed by atoms with Crippen LogP contribution in [0.3, 0.4) is 0 Å². The third-order valence-electron chi connectivity index (χ3n) is 2.35. The van der Waals surface area contributed by atoms with E-state index < -0.39 is 37.8 Å². The summed E-state index contributed by atoms with van der Waals surface area (Å²) in [6.45, 7) is -1.45. The molecule has 0 aliphatic carbocycles. The molecule has 11 heteroatoms. The van der Waals surface area contributed by atoms with E-state index in [-0.39, 0.29) is 33.0 Å². The molecule has 0 fully saturated rings. The Morgan fingerprint density at radius 2 is 1.17 bits per heavy atom. The van der Waals surface area contributed by atoms with Crippen molar-refractivity contribution in [1.82, 2.24) is 0 Å². The van der Waals surface area contributed by atoms with Gasteiger partial charge in [-0.15, -0.1) is 0 Å². The first kappa shape index (κ1) is 22.4. The van der Waals surface area contributed by atoms with Crippen molar-refractivity contribution in [3.8, 4) is 0 Å². The summed E-state index contributed by atoms with van der Waals surface area (Å²) in [7, 11) is 0. The van der Waals surface area contributed by atoms with Gasteiger partial charge in [0.2, 0.25) is 6.17 Å². The Balaban J connectivity index is 3.35. The van der Waals surface area contributed by atoms with Crippen LogP contribution in [0.5, 0.6) is 0 Å². The highest BCUT2D eigenvalue weighted by Gasteiger charge is 2.40. The lowest BCUT2D eigenvalue weighted by atomic mass is 10.4. The second-order valence-electron chi connectivity index (χ2n) is 4.34. The van der Waals surface area contributed by atoms with Crippen LogP contribution in [0.15, 0.2) is 0 Å². The van der Waals surface area contributed by atoms with Crippen LogP contribution in [-0.4, -0.2) is 70.9 Å². The van der Waals surface area contributed by atoms with Crippen molar-refractivity contribution in [2.45, 2.75) is 31.6 Å². The molecule has 0 aromatic rings. The molecule has 23 heavy (non-hydrogen) atoms. The minimum Gasteiger partial charge on any atom is -0.377 e. The van der Waals surface area contributed by atoms with Gasteiger partial charge in [0.25, 0.3) is 0 Å². The smallest absolute Gasteiger partial charge is 0.377 e. The third kappa shape index (κ3) is 11.5. The van der Waals surface area contributed by atoms with Crippen LogP contribution in [0.4, 0.5) is 30.7 Å². The van der Waals surface area contributed by atoms with Crippen molar-refractivity contribution in [2.24, 2.45) is 0 Å². The first-order valence-corrected chi connectivity index (χ1v) is 6.67. The van der Waals surface area contributed by atoms with Gasteiger partial charge in [-0.1, -0.05) is 0 Å². The SMILES string of the molecule is CC(F)C(F)(F)OCCOCCOCCOCC(F)C(F)(F)F. The Morgan fingerprint density at radius 3 is 1.61 bits per heavy atom. The van der Waals surface area contributed by atoms with Crippen LogP contribution in [0, 0.1) is 0 Å². The Hall–Kier alpha value is -0.650. The molecule has 140 valence electrons. The Labute approximate surface area is 128 Å². The highest BCUT2D eigenvalue weighted by Crippen LogP contribution is 2.23. The molecular weight excluding hydrogens is 341 g/mol. The van der Waals surface area contributed by atoms with Gasteiger partial charge in [0.15, 0.2) is 6.17 Å². The third-order valence-corrected chi connectivity index (χ3v) is 2.35. The summed E-state index contributed by atoms with van der Waals surface area (Å²) in [5.41, 5.74) is 0. The maximum absolute atomic E-state index is 12.6. The van der Waals surface area contributed by atoms with Gasteiger partial charge in [0.05, 0.1) is 46.2 Å². The maximum Gasteiger partial charge on any atom is 0.421 e. The van der Waals surface area contributed by atoms with Crippen molar-refractivity contribution >= 4 is 0 Å². The fourth-order valence-electron chi connectivity index (χ4n) is 1.07. The first-order valence-electron chi connectivity index (χ1n) is 6.67. The van der Waals surface area contributed by atoms with E-state index in [0.29, 0.717) is 6.92 Å². The summed E-state index contributed by atoms with van der Waals surface area (Å²) in [5.74, 6) is 0. The summed E-state index contributed by atoms with van der Waals surface area (Å²) in [5, 5.41) is 0. The molecule has 0 N–H and O–H groups in total. The minimum atomic E-state index is -4.95. The first-order chi connectivity index (χ1) is 10.6. The van der Waals surface area contributed by atoms with Gasteiger partial charge in [-0.25, -0.2) is 8.78 Å². The van der Waals surface area contributed by atoms with Crippen molar-refractivity contribution in [3.63, 3.8) is 0 Å². The molecule has 0 spiro atoms. The summed E-state index contributed by atoms with van der Waals surface area (Å²) >= 11 is 0. The van der Waals surface area contributed by atoms with Crippen molar-refractivity contribution < 1.29 is 49.7 Å². The van der Waals surface area contributed by atoms with Crippen LogP contribution in [0.2, 0.25) is 0 Å². The molecule has 0 heterocycles. The number of halogens is 7. The van der Waals surface area contributed by atoms with E-state index in [0.717, 1.165) is 0 Å². The van der Waals surface area contributed by atoms with E-state index in [1.54, 1.807) is 0 Å². The van der Waals surface area contributed by atoms with Gasteiger partial charge >= 0.3 is 12.3 Å². The lowest BCUT2D eigenvalue weighted by molar-refractivity contribution is -0.273. The molecule has 0 aromatic heterocycles. The number of ether oxygens (including phenoxy) is 4. The molecule has 0 radical (unpaired) electrons. The van der Waals surface area contributed by atoms with Crippen LogP contribution in [0.1, 0.15) is 6.92 Å². The number of hydrogen-bond acceptors (Lipinski definition) is 4. The standard InChI is InChI=1S/C12H19F7O4/c1-9(13)12(18,19)23-7-6-21-3-2-20-4-5-22-8-10(14)11(15,16)17/h9-10H,2-8H2,1H3. The van der Waals surface area contributed by atoms with Gasteiger partial charge in [-0.2, -0.15) is 22.0 Å². The fraction of sp³-hybridized carbons (Fsp3) is 1.00. The van der Waals surface area contributed by atoms with Crippen LogP contribution >= 0.6 is 0 Å². The van der Waals surface area contributed by atoms with Crippen molar-refractivity contribution in [2.75, 3.05) is 46.2 Å². The molecule has 4 nitrogen and oxygen atoms in total. The lowest BCUT2D eigenvalue weighted by Crippen LogP contribution is -2.32. The van der Waals surface area contributed by atoms with Gasteiger partial charge in [0, 0.05) is 0 Å². The van der Waals surface area contributed by atoms with Crippen LogP contribution < -0.4 is 0 Å². The Bertz CT molecular complexity index is 300.